The summed E-state index contributed by atoms with van der Waals surface area (Å²) in [6, 6.07) is 4.51. The molecule has 94 valence electrons. The topological polar surface area (TPSA) is 73.1 Å². The first kappa shape index (κ1) is 12.6. The molecule has 0 aliphatic carbocycles. The average molecular weight is 313 g/mol. The fraction of sp³-hybridized carbons (Fsp3) is 0.0909. The second-order valence-electron chi connectivity index (χ2n) is 3.40. The van der Waals surface area contributed by atoms with Gasteiger partial charge in [-0.2, -0.15) is 4.98 Å². The minimum Gasteiger partial charge on any atom is -0.494 e. The fourth-order valence-corrected chi connectivity index (χ4v) is 1.64. The molecule has 0 atom stereocenters. The van der Waals surface area contributed by atoms with E-state index in [9.17, 15) is 4.39 Å². The van der Waals surface area contributed by atoms with Crippen LogP contribution < -0.4 is 15.8 Å². The third-order valence-electron chi connectivity index (χ3n) is 2.18. The zero-order valence-electron chi connectivity index (χ0n) is 9.45. The van der Waals surface area contributed by atoms with Gasteiger partial charge in [0.2, 0.25) is 5.95 Å². The minimum atomic E-state index is -0.458. The lowest BCUT2D eigenvalue weighted by atomic mass is 10.3. The Kier molecular flexibility index (Phi) is 3.61. The maximum atomic E-state index is 13.5. The van der Waals surface area contributed by atoms with Crippen LogP contribution >= 0.6 is 15.9 Å². The van der Waals surface area contributed by atoms with Crippen LogP contribution in [0.25, 0.3) is 0 Å². The van der Waals surface area contributed by atoms with Crippen LogP contribution in [-0.4, -0.2) is 17.1 Å². The molecule has 0 aliphatic rings. The first-order valence-corrected chi connectivity index (χ1v) is 5.78. The highest BCUT2D eigenvalue weighted by molar-refractivity contribution is 9.10. The molecule has 0 saturated carbocycles. The Morgan fingerprint density at radius 3 is 2.89 bits per heavy atom. The van der Waals surface area contributed by atoms with Crippen LogP contribution in [0.3, 0.4) is 0 Å². The lowest BCUT2D eigenvalue weighted by Crippen LogP contribution is -2.01. The summed E-state index contributed by atoms with van der Waals surface area (Å²) in [7, 11) is 1.41. The molecule has 1 aromatic heterocycles. The van der Waals surface area contributed by atoms with E-state index in [1.54, 1.807) is 6.07 Å². The van der Waals surface area contributed by atoms with Gasteiger partial charge in [0.25, 0.3) is 0 Å². The van der Waals surface area contributed by atoms with Crippen molar-refractivity contribution in [1.82, 2.24) is 9.97 Å². The zero-order valence-corrected chi connectivity index (χ0v) is 11.0. The molecule has 0 radical (unpaired) electrons. The SMILES string of the molecule is COc1ccc(Nc2nc(N)ncc2Br)cc1F. The van der Waals surface area contributed by atoms with E-state index in [4.69, 9.17) is 10.5 Å². The summed E-state index contributed by atoms with van der Waals surface area (Å²) in [5.41, 5.74) is 6.01. The summed E-state index contributed by atoms with van der Waals surface area (Å²) in [5.74, 6) is 0.323. The van der Waals surface area contributed by atoms with Crippen molar-refractivity contribution >= 4 is 33.4 Å². The molecule has 18 heavy (non-hydrogen) atoms. The van der Waals surface area contributed by atoms with Crippen molar-refractivity contribution in [3.8, 4) is 5.75 Å². The lowest BCUT2D eigenvalue weighted by Gasteiger charge is -2.09. The van der Waals surface area contributed by atoms with E-state index in [0.29, 0.717) is 16.0 Å². The van der Waals surface area contributed by atoms with E-state index < -0.39 is 5.82 Å². The van der Waals surface area contributed by atoms with Crippen molar-refractivity contribution in [1.29, 1.82) is 0 Å². The Balaban J connectivity index is 2.28. The minimum absolute atomic E-state index is 0.134. The summed E-state index contributed by atoms with van der Waals surface area (Å²) in [6.45, 7) is 0. The van der Waals surface area contributed by atoms with Gasteiger partial charge in [-0.1, -0.05) is 0 Å². The highest BCUT2D eigenvalue weighted by Gasteiger charge is 2.07. The van der Waals surface area contributed by atoms with Crippen LogP contribution in [0.15, 0.2) is 28.9 Å². The predicted molar refractivity (Wildman–Crippen MR) is 70.4 cm³/mol. The van der Waals surface area contributed by atoms with Crippen molar-refractivity contribution in [2.75, 3.05) is 18.2 Å². The van der Waals surface area contributed by atoms with E-state index in [1.165, 1.54) is 25.4 Å². The van der Waals surface area contributed by atoms with Gasteiger partial charge in [0.1, 0.15) is 5.82 Å². The van der Waals surface area contributed by atoms with Gasteiger partial charge >= 0.3 is 0 Å². The first-order chi connectivity index (χ1) is 8.60. The molecule has 0 spiro atoms. The number of nitrogens with one attached hydrogen (secondary N) is 1. The zero-order chi connectivity index (χ0) is 13.1. The van der Waals surface area contributed by atoms with Gasteiger partial charge in [-0.3, -0.25) is 0 Å². The molecular weight excluding hydrogens is 303 g/mol. The smallest absolute Gasteiger partial charge is 0.222 e. The number of hydrogen-bond acceptors (Lipinski definition) is 5. The van der Waals surface area contributed by atoms with Gasteiger partial charge in [-0.15, -0.1) is 0 Å². The molecule has 1 aromatic carbocycles. The molecule has 0 aliphatic heterocycles. The van der Waals surface area contributed by atoms with Gasteiger partial charge in [0, 0.05) is 18.0 Å². The molecule has 1 heterocycles. The van der Waals surface area contributed by atoms with Crippen molar-refractivity contribution in [2.24, 2.45) is 0 Å². The molecule has 0 amide bonds. The molecule has 7 heteroatoms. The summed E-state index contributed by atoms with van der Waals surface area (Å²) in [4.78, 5) is 7.81. The van der Waals surface area contributed by atoms with Gasteiger partial charge in [-0.05, 0) is 28.1 Å². The third-order valence-corrected chi connectivity index (χ3v) is 2.76. The van der Waals surface area contributed by atoms with Crippen LogP contribution in [0.5, 0.6) is 5.75 Å². The number of nitrogen functional groups attached to an aromatic ring is 1. The highest BCUT2D eigenvalue weighted by Crippen LogP contribution is 2.26. The Hall–Kier alpha value is -1.89. The molecule has 0 fully saturated rings. The monoisotopic (exact) mass is 312 g/mol. The molecule has 0 bridgehead atoms. The van der Waals surface area contributed by atoms with Crippen LogP contribution in [-0.2, 0) is 0 Å². The van der Waals surface area contributed by atoms with Crippen LogP contribution in [0.1, 0.15) is 0 Å². The summed E-state index contributed by atoms with van der Waals surface area (Å²) < 4.78 is 19.0. The molecule has 2 rings (SSSR count). The standard InChI is InChI=1S/C11H10BrFN4O/c1-18-9-3-2-6(4-8(9)13)16-10-7(12)5-15-11(14)17-10/h2-5H,1H3,(H3,14,15,16,17). The van der Waals surface area contributed by atoms with Crippen molar-refractivity contribution in [2.45, 2.75) is 0 Å². The molecule has 2 aromatic rings. The van der Waals surface area contributed by atoms with E-state index in [-0.39, 0.29) is 11.7 Å². The summed E-state index contributed by atoms with van der Waals surface area (Å²) in [6.07, 6.45) is 1.52. The number of halogens is 2. The molecular formula is C11H10BrFN4O. The normalized spacial score (nSPS) is 10.2. The van der Waals surface area contributed by atoms with E-state index >= 15 is 0 Å². The lowest BCUT2D eigenvalue weighted by molar-refractivity contribution is 0.386. The van der Waals surface area contributed by atoms with Crippen LogP contribution in [0.2, 0.25) is 0 Å². The van der Waals surface area contributed by atoms with E-state index in [2.05, 4.69) is 31.2 Å². The Labute approximate surface area is 111 Å². The quantitative estimate of drug-likeness (QED) is 0.911. The maximum absolute atomic E-state index is 13.5. The third kappa shape index (κ3) is 2.67. The van der Waals surface area contributed by atoms with Gasteiger partial charge in [0.05, 0.1) is 11.6 Å². The number of hydrogen-bond donors (Lipinski definition) is 2. The number of rotatable bonds is 3. The Morgan fingerprint density at radius 1 is 1.44 bits per heavy atom. The Morgan fingerprint density at radius 2 is 2.22 bits per heavy atom. The fourth-order valence-electron chi connectivity index (χ4n) is 1.35. The number of methoxy groups -OCH3 is 1. The van der Waals surface area contributed by atoms with E-state index in [0.717, 1.165) is 0 Å². The highest BCUT2D eigenvalue weighted by atomic mass is 79.9. The van der Waals surface area contributed by atoms with Gasteiger partial charge < -0.3 is 15.8 Å². The molecule has 0 unspecified atom stereocenters. The van der Waals surface area contributed by atoms with Gasteiger partial charge in [0.15, 0.2) is 11.6 Å². The molecule has 3 N–H and O–H groups in total. The number of aromatic nitrogens is 2. The Bertz CT molecular complexity index is 579. The van der Waals surface area contributed by atoms with Crippen LogP contribution in [0.4, 0.5) is 21.8 Å². The number of nitrogens with two attached hydrogens (primary N) is 1. The molecule has 0 saturated heterocycles. The van der Waals surface area contributed by atoms with Crippen molar-refractivity contribution < 1.29 is 9.13 Å². The van der Waals surface area contributed by atoms with Gasteiger partial charge in [-0.25, -0.2) is 9.37 Å². The maximum Gasteiger partial charge on any atom is 0.222 e. The van der Waals surface area contributed by atoms with E-state index in [1.807, 2.05) is 0 Å². The largest absolute Gasteiger partial charge is 0.494 e. The number of anilines is 3. The second kappa shape index (κ2) is 5.18. The number of benzene rings is 1. The second-order valence-corrected chi connectivity index (χ2v) is 4.25. The molecule has 5 nitrogen and oxygen atoms in total. The van der Waals surface area contributed by atoms with Crippen LogP contribution in [0, 0.1) is 5.82 Å². The number of nitrogens with zero attached hydrogens (tertiary/aromatic N) is 2. The summed E-state index contributed by atoms with van der Waals surface area (Å²) in [5, 5.41) is 2.93. The first-order valence-electron chi connectivity index (χ1n) is 4.98. The summed E-state index contributed by atoms with van der Waals surface area (Å²) >= 11 is 3.27. The van der Waals surface area contributed by atoms with Crippen molar-refractivity contribution in [3.63, 3.8) is 0 Å². The predicted octanol–water partition coefficient (Wildman–Crippen LogP) is 2.71. The average Bonchev–Trinajstić information content (AvgIpc) is 2.34. The van der Waals surface area contributed by atoms with Crippen molar-refractivity contribution in [3.05, 3.63) is 34.7 Å². The number of ether oxygens (including phenoxy) is 1.